The van der Waals surface area contributed by atoms with Crippen molar-refractivity contribution in [2.24, 2.45) is 0 Å². The molecule has 0 bridgehead atoms. The summed E-state index contributed by atoms with van der Waals surface area (Å²) in [5.41, 5.74) is 0.579. The number of halogens is 1. The van der Waals surface area contributed by atoms with E-state index >= 15 is 0 Å². The first-order valence-electron chi connectivity index (χ1n) is 6.65. The normalized spacial score (nSPS) is 19.4. The van der Waals surface area contributed by atoms with E-state index in [4.69, 9.17) is 0 Å². The van der Waals surface area contributed by atoms with Crippen molar-refractivity contribution < 1.29 is 14.6 Å². The molecule has 0 aliphatic carbocycles. The van der Waals surface area contributed by atoms with Crippen LogP contribution in [0.4, 0.5) is 4.39 Å². The minimum Gasteiger partial charge on any atom is -0.508 e. The van der Waals surface area contributed by atoms with E-state index in [0.29, 0.717) is 19.3 Å². The number of aliphatic hydroxyl groups is 2. The van der Waals surface area contributed by atoms with Crippen LogP contribution in [0.5, 0.6) is 0 Å². The second kappa shape index (κ2) is 10.8. The Balaban J connectivity index is 0.00000154. The van der Waals surface area contributed by atoms with E-state index in [9.17, 15) is 14.6 Å². The summed E-state index contributed by atoms with van der Waals surface area (Å²) in [6, 6.07) is 0. The summed E-state index contributed by atoms with van der Waals surface area (Å²) in [7, 11) is 0.500. The van der Waals surface area contributed by atoms with Gasteiger partial charge in [-0.25, -0.2) is 0 Å². The Bertz CT molecular complexity index is 307. The molecule has 4 heteroatoms. The molecule has 1 heterocycles. The van der Waals surface area contributed by atoms with Gasteiger partial charge in [-0.1, -0.05) is 25.2 Å². The lowest BCUT2D eigenvalue weighted by Gasteiger charge is -2.29. The Morgan fingerprint density at radius 2 is 1.89 bits per heavy atom. The van der Waals surface area contributed by atoms with Crippen LogP contribution in [0.1, 0.15) is 26.2 Å². The lowest BCUT2D eigenvalue weighted by atomic mass is 10.0. The minimum atomic E-state index is -0.630. The summed E-state index contributed by atoms with van der Waals surface area (Å²) in [6.45, 7) is 8.03. The Labute approximate surface area is 115 Å². The molecule has 0 aromatic carbocycles. The van der Waals surface area contributed by atoms with Gasteiger partial charge in [-0.15, -0.1) is 0 Å². The van der Waals surface area contributed by atoms with Crippen molar-refractivity contribution in [3.05, 3.63) is 36.1 Å². The summed E-state index contributed by atoms with van der Waals surface area (Å²) in [5, 5.41) is 19.9. The summed E-state index contributed by atoms with van der Waals surface area (Å²) in [6.07, 6.45) is 7.84. The van der Waals surface area contributed by atoms with Crippen molar-refractivity contribution in [1.82, 2.24) is 4.90 Å². The molecule has 1 aliphatic rings. The zero-order valence-electron chi connectivity index (χ0n) is 12.0. The molecule has 0 aromatic heterocycles. The fraction of sp³-hybridized carbons (Fsp3) is 0.600. The van der Waals surface area contributed by atoms with Crippen LogP contribution >= 0.6 is 0 Å². The van der Waals surface area contributed by atoms with Crippen molar-refractivity contribution in [2.75, 3.05) is 26.8 Å². The van der Waals surface area contributed by atoms with Crippen LogP contribution in [0, 0.1) is 0 Å². The van der Waals surface area contributed by atoms with Crippen LogP contribution in [0.25, 0.3) is 0 Å². The van der Waals surface area contributed by atoms with Gasteiger partial charge in [0.1, 0.15) is 5.76 Å². The van der Waals surface area contributed by atoms with Gasteiger partial charge in [-0.3, -0.25) is 4.39 Å². The van der Waals surface area contributed by atoms with Crippen LogP contribution in [-0.4, -0.2) is 48.0 Å². The Morgan fingerprint density at radius 3 is 2.37 bits per heavy atom. The summed E-state index contributed by atoms with van der Waals surface area (Å²) in [5.74, 6) is 0.104. The molecule has 0 spiro atoms. The van der Waals surface area contributed by atoms with E-state index in [0.717, 1.165) is 13.1 Å². The molecule has 2 N–H and O–H groups in total. The molecule has 0 aromatic rings. The van der Waals surface area contributed by atoms with Gasteiger partial charge in [0, 0.05) is 12.1 Å². The maximum Gasteiger partial charge on any atom is 0.121 e. The van der Waals surface area contributed by atoms with Crippen molar-refractivity contribution in [2.45, 2.75) is 32.3 Å². The van der Waals surface area contributed by atoms with Crippen LogP contribution in [0.2, 0.25) is 0 Å². The van der Waals surface area contributed by atoms with Gasteiger partial charge in [0.25, 0.3) is 0 Å². The number of alkyl halides is 1. The van der Waals surface area contributed by atoms with E-state index in [1.54, 1.807) is 6.08 Å². The van der Waals surface area contributed by atoms with Gasteiger partial charge in [0.05, 0.1) is 13.3 Å². The Hall–Kier alpha value is -1.13. The van der Waals surface area contributed by atoms with Gasteiger partial charge >= 0.3 is 0 Å². The minimum absolute atomic E-state index is 0.104. The molecule has 110 valence electrons. The van der Waals surface area contributed by atoms with Gasteiger partial charge in [-0.2, -0.15) is 0 Å². The van der Waals surface area contributed by atoms with Crippen molar-refractivity contribution >= 4 is 0 Å². The van der Waals surface area contributed by atoms with E-state index in [-0.39, 0.29) is 5.76 Å². The lowest BCUT2D eigenvalue weighted by Crippen LogP contribution is -2.37. The third kappa shape index (κ3) is 6.55. The summed E-state index contributed by atoms with van der Waals surface area (Å²) >= 11 is 0. The quantitative estimate of drug-likeness (QED) is 0.597. The maximum absolute atomic E-state index is 10.1. The van der Waals surface area contributed by atoms with Crippen LogP contribution < -0.4 is 0 Å². The topological polar surface area (TPSA) is 43.7 Å². The van der Waals surface area contributed by atoms with Gasteiger partial charge < -0.3 is 15.1 Å². The standard InChI is InChI=1S/C14H23NO2.CH3F/c1-3-8-13(16)12(4-2)14(17)11-15-9-6-5-7-10-15;1-2/h3-4,8,14,16-17H,1,5-7,9-11H2,2H3;1H3/b12-4+,13-8+;. The Kier molecular flexibility index (Phi) is 10.1. The third-order valence-corrected chi connectivity index (χ3v) is 3.12. The molecule has 1 fully saturated rings. The molecule has 3 nitrogen and oxygen atoms in total. The molecule has 1 unspecified atom stereocenters. The zero-order valence-corrected chi connectivity index (χ0v) is 12.0. The number of hydrogen-bond donors (Lipinski definition) is 2. The number of nitrogens with zero attached hydrogens (tertiary/aromatic N) is 1. The summed E-state index contributed by atoms with van der Waals surface area (Å²) < 4.78 is 9.50. The molecule has 1 rings (SSSR count). The molecule has 1 saturated heterocycles. The molecule has 0 radical (unpaired) electrons. The van der Waals surface area contributed by atoms with E-state index in [2.05, 4.69) is 11.5 Å². The summed E-state index contributed by atoms with van der Waals surface area (Å²) in [4.78, 5) is 2.25. The lowest BCUT2D eigenvalue weighted by molar-refractivity contribution is 0.121. The van der Waals surface area contributed by atoms with Crippen molar-refractivity contribution in [3.63, 3.8) is 0 Å². The predicted molar refractivity (Wildman–Crippen MR) is 78.0 cm³/mol. The molecule has 0 amide bonds. The number of piperidine rings is 1. The van der Waals surface area contributed by atoms with E-state index < -0.39 is 6.10 Å². The number of hydrogen-bond acceptors (Lipinski definition) is 3. The van der Waals surface area contributed by atoms with Crippen LogP contribution in [-0.2, 0) is 0 Å². The smallest absolute Gasteiger partial charge is 0.121 e. The molecule has 1 aliphatic heterocycles. The van der Waals surface area contributed by atoms with Crippen LogP contribution in [0.15, 0.2) is 36.1 Å². The SMILES string of the molecule is C=C/C=C(O)\C(=C/C)C(O)CN1CCCCC1.CF. The molecular weight excluding hydrogens is 245 g/mol. The highest BCUT2D eigenvalue weighted by Gasteiger charge is 2.19. The third-order valence-electron chi connectivity index (χ3n) is 3.12. The largest absolute Gasteiger partial charge is 0.508 e. The average Bonchev–Trinajstić information content (AvgIpc) is 2.43. The van der Waals surface area contributed by atoms with E-state index in [1.165, 1.54) is 31.4 Å². The van der Waals surface area contributed by atoms with Gasteiger partial charge in [0.2, 0.25) is 0 Å². The second-order valence-electron chi connectivity index (χ2n) is 4.41. The zero-order chi connectivity index (χ0) is 14.7. The molecule has 1 atom stereocenters. The maximum atomic E-state index is 10.1. The Morgan fingerprint density at radius 1 is 1.32 bits per heavy atom. The first kappa shape index (κ1) is 17.9. The number of aliphatic hydroxyl groups excluding tert-OH is 2. The second-order valence-corrected chi connectivity index (χ2v) is 4.41. The molecular formula is C15H26FNO2. The highest BCUT2D eigenvalue weighted by atomic mass is 19.1. The highest BCUT2D eigenvalue weighted by molar-refractivity contribution is 5.30. The monoisotopic (exact) mass is 271 g/mol. The predicted octanol–water partition coefficient (Wildman–Crippen LogP) is 2.99. The van der Waals surface area contributed by atoms with Crippen molar-refractivity contribution in [1.29, 1.82) is 0 Å². The fourth-order valence-corrected chi connectivity index (χ4v) is 2.20. The van der Waals surface area contributed by atoms with Crippen LogP contribution in [0.3, 0.4) is 0 Å². The number of β-amino-alcohol motifs (C(OH)–C–C–N with tert-alkyl or cyclic N) is 1. The number of rotatable bonds is 5. The highest BCUT2D eigenvalue weighted by Crippen LogP contribution is 2.16. The molecule has 19 heavy (non-hydrogen) atoms. The molecule has 0 saturated carbocycles. The average molecular weight is 271 g/mol. The van der Waals surface area contributed by atoms with E-state index in [1.807, 2.05) is 6.92 Å². The van der Waals surface area contributed by atoms with Gasteiger partial charge in [0.15, 0.2) is 0 Å². The fourth-order valence-electron chi connectivity index (χ4n) is 2.20. The number of allylic oxidation sites excluding steroid dienone is 3. The van der Waals surface area contributed by atoms with Gasteiger partial charge in [-0.05, 0) is 38.9 Å². The number of likely N-dealkylation sites (tertiary alicyclic amines) is 1. The first-order chi connectivity index (χ1) is 9.19. The van der Waals surface area contributed by atoms with Crippen molar-refractivity contribution in [3.8, 4) is 0 Å². The first-order valence-corrected chi connectivity index (χ1v) is 6.65.